The first-order valence-corrected chi connectivity index (χ1v) is 12.2. The molecule has 0 aliphatic rings. The van der Waals surface area contributed by atoms with Crippen molar-refractivity contribution in [1.82, 2.24) is 5.32 Å². The summed E-state index contributed by atoms with van der Waals surface area (Å²) in [5.74, 6) is -1.38. The van der Waals surface area contributed by atoms with Crippen molar-refractivity contribution in [3.8, 4) is 0 Å². The van der Waals surface area contributed by atoms with Gasteiger partial charge in [0.25, 0.3) is 5.91 Å². The maximum Gasteiger partial charge on any atom is 1.00 e. The molecule has 0 bridgehead atoms. The maximum atomic E-state index is 12.0. The Hall–Kier alpha value is -1.24. The van der Waals surface area contributed by atoms with Gasteiger partial charge in [0.15, 0.2) is 0 Å². The fraction of sp³-hybridized carbons (Fsp3) is 0.692. The Kier molecular flexibility index (Phi) is 19.8. The van der Waals surface area contributed by atoms with E-state index in [9.17, 15) is 14.7 Å². The smallest absolute Gasteiger partial charge is 0.545 e. The minimum atomic E-state index is -1.23. The van der Waals surface area contributed by atoms with Gasteiger partial charge in [0.2, 0.25) is 0 Å². The third-order valence-electron chi connectivity index (χ3n) is 5.70. The second kappa shape index (κ2) is 20.6. The number of rotatable bonds is 19. The molecule has 0 aliphatic carbocycles. The number of hydrogen-bond acceptors (Lipinski definition) is 3. The Labute approximate surface area is 202 Å². The van der Waals surface area contributed by atoms with Gasteiger partial charge >= 0.3 is 18.9 Å². The molecule has 5 heteroatoms. The van der Waals surface area contributed by atoms with Gasteiger partial charge in [0.05, 0.1) is 5.97 Å². The molecule has 0 atom stereocenters. The van der Waals surface area contributed by atoms with Gasteiger partial charge in [-0.3, -0.25) is 4.79 Å². The summed E-state index contributed by atoms with van der Waals surface area (Å²) in [6.07, 6.45) is 21.4. The summed E-state index contributed by atoms with van der Waals surface area (Å²) < 4.78 is 0. The third kappa shape index (κ3) is 16.1. The number of carboxylic acids is 1. The monoisotopic (exact) mass is 423 g/mol. The summed E-state index contributed by atoms with van der Waals surface area (Å²) >= 11 is 0. The molecule has 0 saturated heterocycles. The van der Waals surface area contributed by atoms with E-state index in [2.05, 4.69) is 12.2 Å². The number of nitrogens with one attached hydrogen (secondary N) is 1. The number of carbonyl (C=O) groups excluding carboxylic acids is 2. The molecule has 4 nitrogen and oxygen atoms in total. The van der Waals surface area contributed by atoms with Crippen LogP contribution in [0.25, 0.3) is 0 Å². The first kappa shape index (κ1) is 29.8. The standard InChI is InChI=1S/C26H43NO3.Li/c1-2-3-4-5-6-7-8-9-10-11-12-13-14-15-16-17-22-27-25(28)23-18-20-24(21-19-23)26(29)30;/h18-21H,2-17,22H2,1H3,(H,27,28)(H,29,30);/q;+1/p-1. The maximum absolute atomic E-state index is 12.0. The fourth-order valence-corrected chi connectivity index (χ4v) is 3.73. The van der Waals surface area contributed by atoms with Crippen LogP contribution in [0.3, 0.4) is 0 Å². The van der Waals surface area contributed by atoms with Crippen molar-refractivity contribution in [2.45, 2.75) is 110 Å². The van der Waals surface area contributed by atoms with Gasteiger partial charge < -0.3 is 15.2 Å². The first-order chi connectivity index (χ1) is 14.6. The summed E-state index contributed by atoms with van der Waals surface area (Å²) in [6.45, 7) is 2.94. The quantitative estimate of drug-likeness (QED) is 0.275. The number of aromatic carboxylic acids is 1. The molecule has 1 rings (SSSR count). The van der Waals surface area contributed by atoms with E-state index in [1.807, 2.05) is 0 Å². The van der Waals surface area contributed by atoms with Crippen molar-refractivity contribution < 1.29 is 33.6 Å². The molecular formula is C26H42LiNO3. The Morgan fingerprint density at radius 3 is 1.39 bits per heavy atom. The van der Waals surface area contributed by atoms with Gasteiger partial charge in [-0.25, -0.2) is 0 Å². The fourth-order valence-electron chi connectivity index (χ4n) is 3.73. The summed E-state index contributed by atoms with van der Waals surface area (Å²) in [5, 5.41) is 13.6. The molecule has 0 heterocycles. The van der Waals surface area contributed by atoms with Crippen molar-refractivity contribution in [1.29, 1.82) is 0 Å². The Morgan fingerprint density at radius 2 is 1.00 bits per heavy atom. The molecule has 0 spiro atoms. The van der Waals surface area contributed by atoms with Crippen LogP contribution in [-0.2, 0) is 0 Å². The summed E-state index contributed by atoms with van der Waals surface area (Å²) in [6, 6.07) is 5.85. The van der Waals surface area contributed by atoms with Crippen LogP contribution in [0.15, 0.2) is 24.3 Å². The SMILES string of the molecule is CCCCCCCCCCCCCCCCCCNC(=O)c1ccc(C(=O)[O-])cc1.[Li+]. The molecule has 0 radical (unpaired) electrons. The minimum absolute atomic E-state index is 0. The molecule has 0 fully saturated rings. The second-order valence-corrected chi connectivity index (χ2v) is 8.42. The molecular weight excluding hydrogens is 381 g/mol. The number of unbranched alkanes of at least 4 members (excludes halogenated alkanes) is 15. The number of carboxylic acid groups (broad SMARTS) is 1. The Morgan fingerprint density at radius 1 is 0.645 bits per heavy atom. The van der Waals surface area contributed by atoms with E-state index < -0.39 is 5.97 Å². The van der Waals surface area contributed by atoms with Crippen LogP contribution in [0.5, 0.6) is 0 Å². The molecule has 0 aliphatic heterocycles. The molecule has 0 saturated carbocycles. The van der Waals surface area contributed by atoms with Crippen molar-refractivity contribution in [2.24, 2.45) is 0 Å². The molecule has 1 amide bonds. The van der Waals surface area contributed by atoms with Crippen molar-refractivity contribution in [3.05, 3.63) is 35.4 Å². The van der Waals surface area contributed by atoms with Gasteiger partial charge in [-0.1, -0.05) is 115 Å². The van der Waals surface area contributed by atoms with Crippen molar-refractivity contribution in [2.75, 3.05) is 6.54 Å². The average molecular weight is 424 g/mol. The zero-order chi connectivity index (χ0) is 21.9. The van der Waals surface area contributed by atoms with Gasteiger partial charge in [0, 0.05) is 12.1 Å². The molecule has 31 heavy (non-hydrogen) atoms. The van der Waals surface area contributed by atoms with E-state index in [0.717, 1.165) is 12.8 Å². The molecule has 170 valence electrons. The first-order valence-electron chi connectivity index (χ1n) is 12.2. The summed E-state index contributed by atoms with van der Waals surface area (Å²) in [7, 11) is 0. The number of benzene rings is 1. The second-order valence-electron chi connectivity index (χ2n) is 8.42. The van der Waals surface area contributed by atoms with E-state index in [1.54, 1.807) is 0 Å². The third-order valence-corrected chi connectivity index (χ3v) is 5.70. The molecule has 0 aromatic heterocycles. The van der Waals surface area contributed by atoms with Crippen LogP contribution in [0.4, 0.5) is 0 Å². The van der Waals surface area contributed by atoms with Gasteiger partial charge in [0.1, 0.15) is 0 Å². The van der Waals surface area contributed by atoms with Crippen LogP contribution >= 0.6 is 0 Å². The summed E-state index contributed by atoms with van der Waals surface area (Å²) in [4.78, 5) is 22.7. The molecule has 1 aromatic carbocycles. The van der Waals surface area contributed by atoms with E-state index in [4.69, 9.17) is 0 Å². The number of carbonyl (C=O) groups is 2. The Balaban J connectivity index is 0.00000900. The predicted octanol–water partition coefficient (Wildman–Crippen LogP) is 3.05. The average Bonchev–Trinajstić information content (AvgIpc) is 2.75. The summed E-state index contributed by atoms with van der Waals surface area (Å²) in [5.41, 5.74) is 0.570. The van der Waals surface area contributed by atoms with Crippen LogP contribution in [0.1, 0.15) is 130 Å². The number of amides is 1. The largest absolute Gasteiger partial charge is 1.00 e. The topological polar surface area (TPSA) is 69.2 Å². The predicted molar refractivity (Wildman–Crippen MR) is 123 cm³/mol. The Bertz CT molecular complexity index is 575. The normalized spacial score (nSPS) is 10.5. The van der Waals surface area contributed by atoms with Gasteiger partial charge in [-0.15, -0.1) is 0 Å². The van der Waals surface area contributed by atoms with E-state index in [0.29, 0.717) is 12.1 Å². The van der Waals surface area contributed by atoms with Crippen LogP contribution in [0, 0.1) is 0 Å². The number of hydrogen-bond donors (Lipinski definition) is 1. The molecule has 0 unspecified atom stereocenters. The minimum Gasteiger partial charge on any atom is -0.545 e. The van der Waals surface area contributed by atoms with E-state index >= 15 is 0 Å². The van der Waals surface area contributed by atoms with Crippen LogP contribution < -0.4 is 29.3 Å². The van der Waals surface area contributed by atoms with Crippen LogP contribution in [0.2, 0.25) is 0 Å². The van der Waals surface area contributed by atoms with E-state index in [1.165, 1.54) is 114 Å². The zero-order valence-electron chi connectivity index (χ0n) is 20.1. The molecule has 1 aromatic rings. The van der Waals surface area contributed by atoms with Crippen molar-refractivity contribution in [3.63, 3.8) is 0 Å². The van der Waals surface area contributed by atoms with E-state index in [-0.39, 0.29) is 30.3 Å². The van der Waals surface area contributed by atoms with Crippen LogP contribution in [-0.4, -0.2) is 18.4 Å². The van der Waals surface area contributed by atoms with Gasteiger partial charge in [-0.2, -0.15) is 0 Å². The zero-order valence-corrected chi connectivity index (χ0v) is 20.1. The van der Waals surface area contributed by atoms with Crippen molar-refractivity contribution >= 4 is 11.9 Å². The molecule has 1 N–H and O–H groups in total. The van der Waals surface area contributed by atoms with Gasteiger partial charge in [-0.05, 0) is 24.1 Å².